The zero-order chi connectivity index (χ0) is 11.5. The summed E-state index contributed by atoms with van der Waals surface area (Å²) < 4.78 is 5.49. The van der Waals surface area contributed by atoms with E-state index in [1.807, 2.05) is 7.11 Å². The average Bonchev–Trinajstić information content (AvgIpc) is 2.99. The second-order valence-corrected chi connectivity index (χ2v) is 5.92. The van der Waals surface area contributed by atoms with E-state index in [1.54, 1.807) is 0 Å². The van der Waals surface area contributed by atoms with Crippen LogP contribution in [0.2, 0.25) is 0 Å². The van der Waals surface area contributed by atoms with Crippen molar-refractivity contribution in [3.8, 4) is 0 Å². The van der Waals surface area contributed by atoms with E-state index in [4.69, 9.17) is 4.74 Å². The lowest BCUT2D eigenvalue weighted by Crippen LogP contribution is -2.34. The van der Waals surface area contributed by atoms with Crippen LogP contribution in [-0.2, 0) is 4.74 Å². The molecule has 0 radical (unpaired) electrons. The minimum absolute atomic E-state index is 0.0316. The van der Waals surface area contributed by atoms with Gasteiger partial charge in [0.15, 0.2) is 0 Å². The number of methoxy groups -OCH3 is 1. The van der Waals surface area contributed by atoms with Crippen LogP contribution in [0.5, 0.6) is 0 Å². The molecule has 0 amide bonds. The third-order valence-corrected chi connectivity index (χ3v) is 3.99. The van der Waals surface area contributed by atoms with Crippen LogP contribution in [0.3, 0.4) is 0 Å². The summed E-state index contributed by atoms with van der Waals surface area (Å²) in [5.41, 5.74) is 0.508. The number of hydrogen-bond acceptors (Lipinski definition) is 2. The fourth-order valence-electron chi connectivity index (χ4n) is 2.31. The lowest BCUT2D eigenvalue weighted by atomic mass is 9.78. The molecule has 0 spiro atoms. The van der Waals surface area contributed by atoms with Gasteiger partial charge in [-0.05, 0) is 57.9 Å². The molecule has 1 aliphatic carbocycles. The second-order valence-electron chi connectivity index (χ2n) is 5.92. The number of hydrogen-bond donors (Lipinski definition) is 1. The summed E-state index contributed by atoms with van der Waals surface area (Å²) in [7, 11) is 3.87. The van der Waals surface area contributed by atoms with Crippen molar-refractivity contribution >= 4 is 0 Å². The monoisotopic (exact) mass is 213 g/mol. The Morgan fingerprint density at radius 2 is 1.80 bits per heavy atom. The van der Waals surface area contributed by atoms with Gasteiger partial charge >= 0.3 is 0 Å². The first-order valence-electron chi connectivity index (χ1n) is 6.13. The molecule has 1 rings (SSSR count). The Balaban J connectivity index is 2.44. The van der Waals surface area contributed by atoms with E-state index in [9.17, 15) is 0 Å². The van der Waals surface area contributed by atoms with Crippen LogP contribution in [0.15, 0.2) is 0 Å². The maximum absolute atomic E-state index is 5.49. The molecule has 90 valence electrons. The minimum Gasteiger partial charge on any atom is -0.379 e. The van der Waals surface area contributed by atoms with Gasteiger partial charge < -0.3 is 10.1 Å². The number of ether oxygens (including phenoxy) is 1. The lowest BCUT2D eigenvalue weighted by molar-refractivity contribution is 0.00290. The van der Waals surface area contributed by atoms with E-state index in [1.165, 1.54) is 19.3 Å². The standard InChI is InChI=1S/C13H27NO/c1-12(2,15-5)8-9-13(3,10-14-4)11-6-7-11/h11,14H,6-10H2,1-5H3. The summed E-state index contributed by atoms with van der Waals surface area (Å²) in [6.45, 7) is 7.92. The summed E-state index contributed by atoms with van der Waals surface area (Å²) >= 11 is 0. The molecule has 0 aliphatic heterocycles. The highest BCUT2D eigenvalue weighted by Gasteiger charge is 2.41. The summed E-state index contributed by atoms with van der Waals surface area (Å²) in [5.74, 6) is 0.942. The Hall–Kier alpha value is -0.0800. The summed E-state index contributed by atoms with van der Waals surface area (Å²) in [5, 5.41) is 3.34. The number of nitrogens with one attached hydrogen (secondary N) is 1. The summed E-state index contributed by atoms with van der Waals surface area (Å²) in [6, 6.07) is 0. The molecule has 0 aromatic rings. The summed E-state index contributed by atoms with van der Waals surface area (Å²) in [4.78, 5) is 0. The highest BCUT2D eigenvalue weighted by molar-refractivity contribution is 4.93. The third-order valence-electron chi connectivity index (χ3n) is 3.99. The zero-order valence-electron chi connectivity index (χ0n) is 11.0. The first-order valence-corrected chi connectivity index (χ1v) is 6.13. The van der Waals surface area contributed by atoms with Crippen molar-refractivity contribution in [1.29, 1.82) is 0 Å². The van der Waals surface area contributed by atoms with Crippen LogP contribution in [-0.4, -0.2) is 26.3 Å². The molecule has 0 aromatic heterocycles. The van der Waals surface area contributed by atoms with Gasteiger partial charge in [-0.25, -0.2) is 0 Å². The first-order chi connectivity index (χ1) is 6.93. The Labute approximate surface area is 94.8 Å². The van der Waals surface area contributed by atoms with Crippen LogP contribution in [0.25, 0.3) is 0 Å². The Morgan fingerprint density at radius 3 is 2.20 bits per heavy atom. The van der Waals surface area contributed by atoms with E-state index in [0.717, 1.165) is 18.9 Å². The molecule has 1 atom stereocenters. The molecule has 0 aromatic carbocycles. The second kappa shape index (κ2) is 4.84. The van der Waals surface area contributed by atoms with E-state index in [-0.39, 0.29) is 5.60 Å². The predicted molar refractivity (Wildman–Crippen MR) is 65.1 cm³/mol. The van der Waals surface area contributed by atoms with Crippen molar-refractivity contribution in [2.75, 3.05) is 20.7 Å². The predicted octanol–water partition coefficient (Wildman–Crippen LogP) is 2.83. The van der Waals surface area contributed by atoms with Crippen molar-refractivity contribution < 1.29 is 4.74 Å². The van der Waals surface area contributed by atoms with Crippen LogP contribution in [0.4, 0.5) is 0 Å². The van der Waals surface area contributed by atoms with Crippen molar-refractivity contribution in [3.05, 3.63) is 0 Å². The molecule has 1 N–H and O–H groups in total. The fourth-order valence-corrected chi connectivity index (χ4v) is 2.31. The fraction of sp³-hybridized carbons (Fsp3) is 1.00. The van der Waals surface area contributed by atoms with Gasteiger partial charge in [0.2, 0.25) is 0 Å². The lowest BCUT2D eigenvalue weighted by Gasteiger charge is -2.33. The molecule has 1 fully saturated rings. The van der Waals surface area contributed by atoms with Crippen LogP contribution in [0, 0.1) is 11.3 Å². The van der Waals surface area contributed by atoms with Gasteiger partial charge in [-0.15, -0.1) is 0 Å². The highest BCUT2D eigenvalue weighted by atomic mass is 16.5. The van der Waals surface area contributed by atoms with Crippen molar-refractivity contribution in [2.45, 2.75) is 52.1 Å². The van der Waals surface area contributed by atoms with E-state index < -0.39 is 0 Å². The van der Waals surface area contributed by atoms with E-state index in [2.05, 4.69) is 33.1 Å². The van der Waals surface area contributed by atoms with Gasteiger partial charge in [0.05, 0.1) is 5.60 Å². The molecule has 15 heavy (non-hydrogen) atoms. The van der Waals surface area contributed by atoms with Crippen LogP contribution in [0.1, 0.15) is 46.5 Å². The maximum atomic E-state index is 5.49. The largest absolute Gasteiger partial charge is 0.379 e. The van der Waals surface area contributed by atoms with Gasteiger partial charge in [-0.3, -0.25) is 0 Å². The smallest absolute Gasteiger partial charge is 0.0623 e. The van der Waals surface area contributed by atoms with Crippen LogP contribution < -0.4 is 5.32 Å². The van der Waals surface area contributed by atoms with Gasteiger partial charge in [0.1, 0.15) is 0 Å². The quantitative estimate of drug-likeness (QED) is 0.702. The van der Waals surface area contributed by atoms with E-state index >= 15 is 0 Å². The molecule has 1 saturated carbocycles. The van der Waals surface area contributed by atoms with Crippen molar-refractivity contribution in [1.82, 2.24) is 5.32 Å². The molecule has 2 heteroatoms. The summed E-state index contributed by atoms with van der Waals surface area (Å²) in [6.07, 6.45) is 5.26. The van der Waals surface area contributed by atoms with Gasteiger partial charge in [-0.2, -0.15) is 0 Å². The maximum Gasteiger partial charge on any atom is 0.0623 e. The van der Waals surface area contributed by atoms with Crippen molar-refractivity contribution in [2.24, 2.45) is 11.3 Å². The Morgan fingerprint density at radius 1 is 1.20 bits per heavy atom. The minimum atomic E-state index is 0.0316. The SMILES string of the molecule is CNCC(C)(CCC(C)(C)OC)C1CC1. The van der Waals surface area contributed by atoms with Crippen LogP contribution >= 0.6 is 0 Å². The van der Waals surface area contributed by atoms with Gasteiger partial charge in [0.25, 0.3) is 0 Å². The molecule has 2 nitrogen and oxygen atoms in total. The topological polar surface area (TPSA) is 21.3 Å². The highest BCUT2D eigenvalue weighted by Crippen LogP contribution is 2.48. The Bertz CT molecular complexity index is 199. The molecule has 0 heterocycles. The van der Waals surface area contributed by atoms with Gasteiger partial charge in [0, 0.05) is 13.7 Å². The average molecular weight is 213 g/mol. The van der Waals surface area contributed by atoms with Gasteiger partial charge in [-0.1, -0.05) is 6.92 Å². The molecular formula is C13H27NO. The molecule has 1 unspecified atom stereocenters. The third kappa shape index (κ3) is 3.76. The van der Waals surface area contributed by atoms with E-state index in [0.29, 0.717) is 5.41 Å². The first kappa shape index (κ1) is 13.0. The molecule has 0 bridgehead atoms. The zero-order valence-corrected chi connectivity index (χ0v) is 11.0. The van der Waals surface area contributed by atoms with Crippen molar-refractivity contribution in [3.63, 3.8) is 0 Å². The number of rotatable bonds is 7. The normalized spacial score (nSPS) is 21.4. The molecular weight excluding hydrogens is 186 g/mol. The Kier molecular flexibility index (Phi) is 4.19. The molecule has 1 aliphatic rings. The molecule has 0 saturated heterocycles.